The number of hydrogen-bond donors (Lipinski definition) is 1. The van der Waals surface area contributed by atoms with E-state index in [0.29, 0.717) is 24.8 Å². The van der Waals surface area contributed by atoms with Gasteiger partial charge in [-0.05, 0) is 19.1 Å². The molecule has 2 aromatic rings. The molecule has 0 aliphatic heterocycles. The van der Waals surface area contributed by atoms with Crippen molar-refractivity contribution in [2.45, 2.75) is 26.9 Å². The number of methoxy groups -OCH3 is 2. The molecule has 0 bridgehead atoms. The molecule has 1 aromatic carbocycles. The Kier molecular flexibility index (Phi) is 6.62. The summed E-state index contributed by atoms with van der Waals surface area (Å²) in [4.78, 5) is 10.7. The molecule has 0 unspecified atom stereocenters. The van der Waals surface area contributed by atoms with Gasteiger partial charge in [-0.15, -0.1) is 0 Å². The summed E-state index contributed by atoms with van der Waals surface area (Å²) in [7, 11) is 5.25. The number of ether oxygens (including phenoxy) is 2. The highest BCUT2D eigenvalue weighted by Gasteiger charge is 2.12. The maximum absolute atomic E-state index is 5.46. The molecular formula is C17H25N5O3. The smallest absolute Gasteiger partial charge is 0.223 e. The first-order valence-electron chi connectivity index (χ1n) is 8.06. The van der Waals surface area contributed by atoms with Crippen LogP contribution in [0, 0.1) is 6.92 Å². The molecule has 0 aliphatic rings. The van der Waals surface area contributed by atoms with Crippen molar-refractivity contribution in [2.24, 2.45) is 4.99 Å². The van der Waals surface area contributed by atoms with Crippen LogP contribution in [-0.2, 0) is 13.1 Å². The van der Waals surface area contributed by atoms with Crippen molar-refractivity contribution in [2.75, 3.05) is 27.8 Å². The highest BCUT2D eigenvalue weighted by Crippen LogP contribution is 2.25. The average molecular weight is 347 g/mol. The Morgan fingerprint density at radius 1 is 1.32 bits per heavy atom. The minimum absolute atomic E-state index is 0.351. The van der Waals surface area contributed by atoms with E-state index in [-0.39, 0.29) is 0 Å². The Labute approximate surface area is 147 Å². The van der Waals surface area contributed by atoms with Gasteiger partial charge >= 0.3 is 0 Å². The van der Waals surface area contributed by atoms with Gasteiger partial charge in [0.1, 0.15) is 18.0 Å². The number of aryl methyl sites for hydroxylation is 1. The minimum Gasteiger partial charge on any atom is -0.497 e. The van der Waals surface area contributed by atoms with E-state index in [4.69, 9.17) is 14.0 Å². The molecule has 0 aliphatic carbocycles. The monoisotopic (exact) mass is 347 g/mol. The van der Waals surface area contributed by atoms with Gasteiger partial charge in [0.05, 0.1) is 14.2 Å². The normalized spacial score (nSPS) is 11.3. The number of nitrogens with one attached hydrogen (secondary N) is 1. The van der Waals surface area contributed by atoms with E-state index >= 15 is 0 Å². The summed E-state index contributed by atoms with van der Waals surface area (Å²) < 4.78 is 15.7. The highest BCUT2D eigenvalue weighted by molar-refractivity contribution is 5.79. The summed E-state index contributed by atoms with van der Waals surface area (Å²) >= 11 is 0. The Bertz CT molecular complexity index is 714. The zero-order valence-corrected chi connectivity index (χ0v) is 15.4. The van der Waals surface area contributed by atoms with Gasteiger partial charge in [-0.1, -0.05) is 5.16 Å². The molecule has 0 fully saturated rings. The molecule has 1 heterocycles. The summed E-state index contributed by atoms with van der Waals surface area (Å²) in [5.41, 5.74) is 1.03. The molecule has 0 atom stereocenters. The highest BCUT2D eigenvalue weighted by atomic mass is 16.5. The third-order valence-corrected chi connectivity index (χ3v) is 3.54. The zero-order valence-electron chi connectivity index (χ0n) is 15.4. The quantitative estimate of drug-likeness (QED) is 0.605. The summed E-state index contributed by atoms with van der Waals surface area (Å²) in [5.74, 6) is 3.38. The number of nitrogens with zero attached hydrogens (tertiary/aromatic N) is 4. The SMILES string of the molecule is CCNC(=NCc1noc(C)n1)N(C)Cc1ccc(OC)cc1OC. The van der Waals surface area contributed by atoms with Crippen molar-refractivity contribution in [1.82, 2.24) is 20.4 Å². The van der Waals surface area contributed by atoms with E-state index < -0.39 is 0 Å². The first-order chi connectivity index (χ1) is 12.1. The number of guanidine groups is 1. The van der Waals surface area contributed by atoms with Gasteiger partial charge in [-0.3, -0.25) is 0 Å². The largest absolute Gasteiger partial charge is 0.497 e. The van der Waals surface area contributed by atoms with Crippen molar-refractivity contribution < 1.29 is 14.0 Å². The van der Waals surface area contributed by atoms with E-state index in [1.54, 1.807) is 21.1 Å². The van der Waals surface area contributed by atoms with Crippen LogP contribution in [0.3, 0.4) is 0 Å². The summed E-state index contributed by atoms with van der Waals surface area (Å²) in [5, 5.41) is 7.13. The van der Waals surface area contributed by atoms with E-state index in [1.807, 2.05) is 37.1 Å². The standard InChI is InChI=1S/C17H25N5O3/c1-6-18-17(19-10-16-20-12(2)25-21-16)22(3)11-13-7-8-14(23-4)9-15(13)24-5/h7-9H,6,10-11H2,1-5H3,(H,18,19). The zero-order chi connectivity index (χ0) is 18.2. The maximum Gasteiger partial charge on any atom is 0.223 e. The van der Waals surface area contributed by atoms with Gasteiger partial charge in [0.25, 0.3) is 0 Å². The van der Waals surface area contributed by atoms with Crippen LogP contribution in [0.2, 0.25) is 0 Å². The van der Waals surface area contributed by atoms with Crippen molar-refractivity contribution in [3.05, 3.63) is 35.5 Å². The summed E-state index contributed by atoms with van der Waals surface area (Å²) in [6.07, 6.45) is 0. The lowest BCUT2D eigenvalue weighted by molar-refractivity contribution is 0.382. The van der Waals surface area contributed by atoms with Gasteiger partial charge in [0.2, 0.25) is 5.89 Å². The third-order valence-electron chi connectivity index (χ3n) is 3.54. The van der Waals surface area contributed by atoms with Crippen molar-refractivity contribution in [3.63, 3.8) is 0 Å². The average Bonchev–Trinajstić information content (AvgIpc) is 3.04. The second-order valence-corrected chi connectivity index (χ2v) is 5.43. The Balaban J connectivity index is 2.13. The van der Waals surface area contributed by atoms with Crippen LogP contribution in [0.25, 0.3) is 0 Å². The molecule has 25 heavy (non-hydrogen) atoms. The van der Waals surface area contributed by atoms with Crippen LogP contribution in [-0.4, -0.2) is 48.8 Å². The topological polar surface area (TPSA) is 85.0 Å². The van der Waals surface area contributed by atoms with Gasteiger partial charge in [-0.2, -0.15) is 4.98 Å². The molecule has 1 aromatic heterocycles. The number of aliphatic imine (C=N–C) groups is 1. The maximum atomic E-state index is 5.46. The summed E-state index contributed by atoms with van der Waals surface area (Å²) in [6, 6.07) is 5.77. The molecule has 0 amide bonds. The van der Waals surface area contributed by atoms with E-state index in [9.17, 15) is 0 Å². The third kappa shape index (κ3) is 5.10. The fourth-order valence-electron chi connectivity index (χ4n) is 2.33. The fourth-order valence-corrected chi connectivity index (χ4v) is 2.33. The van der Waals surface area contributed by atoms with Gasteiger partial charge in [-0.25, -0.2) is 4.99 Å². The molecule has 8 heteroatoms. The molecule has 1 N–H and O–H groups in total. The van der Waals surface area contributed by atoms with Crippen LogP contribution in [0.15, 0.2) is 27.7 Å². The Hall–Kier alpha value is -2.77. The molecule has 0 saturated heterocycles. The van der Waals surface area contributed by atoms with Crippen molar-refractivity contribution in [1.29, 1.82) is 0 Å². The van der Waals surface area contributed by atoms with Gasteiger partial charge in [0, 0.05) is 38.7 Å². The second kappa shape index (κ2) is 8.91. The lowest BCUT2D eigenvalue weighted by Gasteiger charge is -2.23. The Morgan fingerprint density at radius 2 is 2.12 bits per heavy atom. The lowest BCUT2D eigenvalue weighted by Crippen LogP contribution is -2.38. The molecule has 8 nitrogen and oxygen atoms in total. The number of aromatic nitrogens is 2. The van der Waals surface area contributed by atoms with Crippen LogP contribution in [0.4, 0.5) is 0 Å². The molecule has 0 saturated carbocycles. The predicted molar refractivity (Wildman–Crippen MR) is 94.9 cm³/mol. The molecule has 136 valence electrons. The summed E-state index contributed by atoms with van der Waals surface area (Å²) in [6.45, 7) is 5.52. The first kappa shape index (κ1) is 18.6. The predicted octanol–water partition coefficient (Wildman–Crippen LogP) is 1.99. The molecule has 2 rings (SSSR count). The van der Waals surface area contributed by atoms with Crippen molar-refractivity contribution >= 4 is 5.96 Å². The second-order valence-electron chi connectivity index (χ2n) is 5.43. The van der Waals surface area contributed by atoms with Gasteiger partial charge in [0.15, 0.2) is 11.8 Å². The lowest BCUT2D eigenvalue weighted by atomic mass is 10.2. The van der Waals surface area contributed by atoms with E-state index in [1.165, 1.54) is 0 Å². The van der Waals surface area contributed by atoms with Crippen LogP contribution < -0.4 is 14.8 Å². The molecule has 0 spiro atoms. The number of hydrogen-bond acceptors (Lipinski definition) is 6. The van der Waals surface area contributed by atoms with Crippen LogP contribution in [0.5, 0.6) is 11.5 Å². The fraction of sp³-hybridized carbons (Fsp3) is 0.471. The van der Waals surface area contributed by atoms with Crippen LogP contribution in [0.1, 0.15) is 24.2 Å². The van der Waals surface area contributed by atoms with E-state index in [0.717, 1.165) is 29.6 Å². The first-order valence-corrected chi connectivity index (χ1v) is 8.06. The molecular weight excluding hydrogens is 322 g/mol. The number of rotatable bonds is 7. The number of benzene rings is 1. The minimum atomic E-state index is 0.351. The van der Waals surface area contributed by atoms with Gasteiger partial charge < -0.3 is 24.2 Å². The van der Waals surface area contributed by atoms with Crippen molar-refractivity contribution in [3.8, 4) is 11.5 Å². The molecule has 0 radical (unpaired) electrons. The Morgan fingerprint density at radius 3 is 2.72 bits per heavy atom. The van der Waals surface area contributed by atoms with E-state index in [2.05, 4.69) is 20.4 Å². The van der Waals surface area contributed by atoms with Crippen LogP contribution >= 0.6 is 0 Å².